The molecule has 0 bridgehead atoms. The summed E-state index contributed by atoms with van der Waals surface area (Å²) >= 11 is 0. The monoisotopic (exact) mass is 356 g/mol. The Morgan fingerprint density at radius 2 is 2.15 bits per heavy atom. The Hall–Kier alpha value is -1.85. The van der Waals surface area contributed by atoms with Crippen LogP contribution in [0.3, 0.4) is 0 Å². The van der Waals surface area contributed by atoms with Crippen molar-refractivity contribution in [3.05, 3.63) is 36.0 Å². The topological polar surface area (TPSA) is 63.4 Å². The van der Waals surface area contributed by atoms with Gasteiger partial charge in [-0.3, -0.25) is 4.79 Å². The van der Waals surface area contributed by atoms with Gasteiger partial charge >= 0.3 is 0 Å². The SMILES string of the molecule is O=C(CCCc1c[nH]c2ccccc12)N[C@@H]1CCOC[C@H]1OCC1CC1. The Morgan fingerprint density at radius 1 is 1.27 bits per heavy atom. The van der Waals surface area contributed by atoms with Gasteiger partial charge in [-0.2, -0.15) is 0 Å². The predicted octanol–water partition coefficient (Wildman–Crippen LogP) is 3.19. The van der Waals surface area contributed by atoms with Crippen molar-refractivity contribution in [2.24, 2.45) is 5.92 Å². The molecule has 0 unspecified atom stereocenters. The number of carbonyl (C=O) groups excluding carboxylic acids is 1. The van der Waals surface area contributed by atoms with Crippen LogP contribution in [-0.2, 0) is 20.7 Å². The van der Waals surface area contributed by atoms with E-state index in [1.54, 1.807) is 0 Å². The Kier molecular flexibility index (Phi) is 5.56. The third-order valence-electron chi connectivity index (χ3n) is 5.42. The first-order valence-electron chi connectivity index (χ1n) is 9.83. The van der Waals surface area contributed by atoms with E-state index in [1.807, 2.05) is 6.07 Å². The molecule has 2 N–H and O–H groups in total. The van der Waals surface area contributed by atoms with Gasteiger partial charge in [0, 0.05) is 36.7 Å². The van der Waals surface area contributed by atoms with E-state index >= 15 is 0 Å². The van der Waals surface area contributed by atoms with Crippen molar-refractivity contribution in [1.82, 2.24) is 10.3 Å². The predicted molar refractivity (Wildman–Crippen MR) is 101 cm³/mol. The molecule has 1 aliphatic carbocycles. The van der Waals surface area contributed by atoms with Crippen molar-refractivity contribution in [3.8, 4) is 0 Å². The van der Waals surface area contributed by atoms with E-state index in [9.17, 15) is 4.79 Å². The molecule has 26 heavy (non-hydrogen) atoms. The van der Waals surface area contributed by atoms with Gasteiger partial charge in [0.2, 0.25) is 5.91 Å². The van der Waals surface area contributed by atoms with E-state index in [1.165, 1.54) is 23.8 Å². The molecule has 4 rings (SSSR count). The first-order valence-corrected chi connectivity index (χ1v) is 9.83. The van der Waals surface area contributed by atoms with Crippen molar-refractivity contribution in [2.75, 3.05) is 19.8 Å². The van der Waals surface area contributed by atoms with Crippen LogP contribution in [0.2, 0.25) is 0 Å². The molecule has 1 saturated heterocycles. The summed E-state index contributed by atoms with van der Waals surface area (Å²) in [5.74, 6) is 0.848. The maximum absolute atomic E-state index is 12.4. The average molecular weight is 356 g/mol. The number of benzene rings is 1. The molecule has 2 aromatic rings. The summed E-state index contributed by atoms with van der Waals surface area (Å²) in [7, 11) is 0. The number of rotatable bonds is 8. The summed E-state index contributed by atoms with van der Waals surface area (Å²) in [5, 5.41) is 4.43. The van der Waals surface area contributed by atoms with E-state index < -0.39 is 0 Å². The number of ether oxygens (including phenoxy) is 2. The van der Waals surface area contributed by atoms with E-state index in [-0.39, 0.29) is 18.1 Å². The van der Waals surface area contributed by atoms with E-state index in [0.29, 0.717) is 19.6 Å². The molecule has 2 fully saturated rings. The van der Waals surface area contributed by atoms with E-state index in [0.717, 1.165) is 37.3 Å². The molecule has 5 nitrogen and oxygen atoms in total. The second-order valence-electron chi connectivity index (χ2n) is 7.57. The van der Waals surface area contributed by atoms with Crippen molar-refractivity contribution in [2.45, 2.75) is 50.7 Å². The Labute approximate surface area is 154 Å². The highest BCUT2D eigenvalue weighted by molar-refractivity contribution is 5.83. The molecule has 2 atom stereocenters. The van der Waals surface area contributed by atoms with Crippen LogP contribution in [0.4, 0.5) is 0 Å². The number of aryl methyl sites for hydroxylation is 1. The molecule has 1 saturated carbocycles. The second-order valence-corrected chi connectivity index (χ2v) is 7.57. The maximum Gasteiger partial charge on any atom is 0.220 e. The molecular formula is C21H28N2O3. The summed E-state index contributed by atoms with van der Waals surface area (Å²) in [6, 6.07) is 8.39. The number of aromatic amines is 1. The highest BCUT2D eigenvalue weighted by Crippen LogP contribution is 2.30. The quantitative estimate of drug-likeness (QED) is 0.763. The third-order valence-corrected chi connectivity index (χ3v) is 5.42. The van der Waals surface area contributed by atoms with E-state index in [4.69, 9.17) is 9.47 Å². The van der Waals surface area contributed by atoms with Crippen molar-refractivity contribution in [1.29, 1.82) is 0 Å². The fraction of sp³-hybridized carbons (Fsp3) is 0.571. The first kappa shape index (κ1) is 17.6. The zero-order valence-corrected chi connectivity index (χ0v) is 15.2. The number of H-pyrrole nitrogens is 1. The number of hydrogen-bond acceptors (Lipinski definition) is 3. The molecule has 2 aliphatic rings. The second kappa shape index (κ2) is 8.23. The van der Waals surface area contributed by atoms with E-state index in [2.05, 4.69) is 34.7 Å². The lowest BCUT2D eigenvalue weighted by Crippen LogP contribution is -2.50. The van der Waals surface area contributed by atoms with Gasteiger partial charge in [-0.15, -0.1) is 0 Å². The minimum Gasteiger partial charge on any atom is -0.379 e. The number of para-hydroxylation sites is 1. The van der Waals surface area contributed by atoms with Gasteiger partial charge < -0.3 is 19.8 Å². The van der Waals surface area contributed by atoms with Gasteiger partial charge in [-0.25, -0.2) is 0 Å². The van der Waals surface area contributed by atoms with Gasteiger partial charge in [0.05, 0.1) is 12.6 Å². The van der Waals surface area contributed by atoms with Crippen molar-refractivity contribution >= 4 is 16.8 Å². The Bertz CT molecular complexity index is 738. The molecule has 5 heteroatoms. The number of amides is 1. The van der Waals surface area contributed by atoms with Gasteiger partial charge in [0.15, 0.2) is 0 Å². The van der Waals surface area contributed by atoms with Crippen molar-refractivity contribution in [3.63, 3.8) is 0 Å². The lowest BCUT2D eigenvalue weighted by Gasteiger charge is -2.32. The molecule has 0 spiro atoms. The van der Waals surface area contributed by atoms with Crippen LogP contribution in [0.1, 0.15) is 37.7 Å². The molecule has 2 heterocycles. The minimum absolute atomic E-state index is 0.00178. The summed E-state index contributed by atoms with van der Waals surface area (Å²) in [4.78, 5) is 15.7. The average Bonchev–Trinajstić information content (AvgIpc) is 3.41. The number of fused-ring (bicyclic) bond motifs is 1. The summed E-state index contributed by atoms with van der Waals surface area (Å²) < 4.78 is 11.5. The molecule has 1 aromatic heterocycles. The van der Waals surface area contributed by atoms with Crippen LogP contribution in [0, 0.1) is 5.92 Å². The van der Waals surface area contributed by atoms with Crippen LogP contribution in [0.25, 0.3) is 10.9 Å². The highest BCUT2D eigenvalue weighted by atomic mass is 16.5. The first-order chi connectivity index (χ1) is 12.8. The lowest BCUT2D eigenvalue weighted by atomic mass is 10.0. The number of hydrogen-bond donors (Lipinski definition) is 2. The highest BCUT2D eigenvalue weighted by Gasteiger charge is 2.30. The van der Waals surface area contributed by atoms with Crippen LogP contribution in [0.15, 0.2) is 30.5 Å². The lowest BCUT2D eigenvalue weighted by molar-refractivity contribution is -0.126. The molecule has 140 valence electrons. The van der Waals surface area contributed by atoms with Crippen LogP contribution in [-0.4, -0.2) is 42.9 Å². The molecule has 1 aliphatic heterocycles. The fourth-order valence-electron chi connectivity index (χ4n) is 3.64. The van der Waals surface area contributed by atoms with Crippen LogP contribution >= 0.6 is 0 Å². The standard InChI is InChI=1S/C21H28N2O3/c24-21(7-3-4-16-12-22-18-6-2-1-5-17(16)18)23-19-10-11-25-14-20(19)26-13-15-8-9-15/h1-2,5-6,12,15,19-20,22H,3-4,7-11,13-14H2,(H,23,24)/t19-,20-/m1/s1. The molecular weight excluding hydrogens is 328 g/mol. The van der Waals surface area contributed by atoms with Gasteiger partial charge in [0.1, 0.15) is 6.10 Å². The van der Waals surface area contributed by atoms with Crippen LogP contribution < -0.4 is 5.32 Å². The van der Waals surface area contributed by atoms with Gasteiger partial charge in [-0.05, 0) is 49.7 Å². The normalized spacial score (nSPS) is 23.2. The summed E-state index contributed by atoms with van der Waals surface area (Å²) in [6.45, 7) is 2.09. The van der Waals surface area contributed by atoms with Gasteiger partial charge in [0.25, 0.3) is 0 Å². The number of aromatic nitrogens is 1. The Morgan fingerprint density at radius 3 is 3.04 bits per heavy atom. The van der Waals surface area contributed by atoms with Gasteiger partial charge in [-0.1, -0.05) is 18.2 Å². The number of carbonyl (C=O) groups is 1. The summed E-state index contributed by atoms with van der Waals surface area (Å²) in [6.07, 6.45) is 7.76. The number of nitrogens with one attached hydrogen (secondary N) is 2. The maximum atomic E-state index is 12.4. The largest absolute Gasteiger partial charge is 0.379 e. The zero-order valence-electron chi connectivity index (χ0n) is 15.2. The van der Waals surface area contributed by atoms with Crippen molar-refractivity contribution < 1.29 is 14.3 Å². The zero-order chi connectivity index (χ0) is 17.8. The Balaban J connectivity index is 1.23. The third kappa shape index (κ3) is 4.46. The minimum atomic E-state index is 0.00178. The fourth-order valence-corrected chi connectivity index (χ4v) is 3.64. The molecule has 0 radical (unpaired) electrons. The molecule has 1 amide bonds. The van der Waals surface area contributed by atoms with Crippen LogP contribution in [0.5, 0.6) is 0 Å². The smallest absolute Gasteiger partial charge is 0.220 e. The molecule has 1 aromatic carbocycles. The summed E-state index contributed by atoms with van der Waals surface area (Å²) in [5.41, 5.74) is 2.44.